The van der Waals surface area contributed by atoms with E-state index in [-0.39, 0.29) is 5.82 Å². The largest absolute Gasteiger partial charge is 0.457 e. The number of hydrogen-bond acceptors (Lipinski definition) is 2. The minimum Gasteiger partial charge on any atom is -0.457 e. The molecule has 0 fully saturated rings. The van der Waals surface area contributed by atoms with Crippen LogP contribution in [0.5, 0.6) is 11.5 Å². The summed E-state index contributed by atoms with van der Waals surface area (Å²) >= 11 is 0. The van der Waals surface area contributed by atoms with Gasteiger partial charge in [-0.15, -0.1) is 0 Å². The summed E-state index contributed by atoms with van der Waals surface area (Å²) in [6.07, 6.45) is 3.40. The molecule has 0 aliphatic heterocycles. The van der Waals surface area contributed by atoms with Crippen LogP contribution in [0.4, 0.5) is 4.39 Å². The van der Waals surface area contributed by atoms with E-state index in [2.05, 4.69) is 9.97 Å². The summed E-state index contributed by atoms with van der Waals surface area (Å²) in [6, 6.07) is 13.5. The predicted octanol–water partition coefficient (Wildman–Crippen LogP) is 4.01. The number of ether oxygens (including phenoxy) is 1. The zero-order valence-corrected chi connectivity index (χ0v) is 10.0. The molecule has 3 rings (SSSR count). The van der Waals surface area contributed by atoms with Crippen LogP contribution in [-0.4, -0.2) is 9.97 Å². The molecule has 0 unspecified atom stereocenters. The number of halogens is 1. The van der Waals surface area contributed by atoms with Crippen molar-refractivity contribution in [2.75, 3.05) is 0 Å². The number of benzene rings is 2. The molecule has 4 heteroatoms. The Morgan fingerprint density at radius 2 is 1.53 bits per heavy atom. The highest BCUT2D eigenvalue weighted by Crippen LogP contribution is 2.24. The minimum atomic E-state index is -0.276. The second-order valence-electron chi connectivity index (χ2n) is 4.05. The van der Waals surface area contributed by atoms with Crippen molar-refractivity contribution in [1.82, 2.24) is 9.97 Å². The average molecular weight is 254 g/mol. The number of nitrogens with zero attached hydrogens (tertiary/aromatic N) is 1. The Balaban J connectivity index is 1.77. The van der Waals surface area contributed by atoms with E-state index in [1.807, 2.05) is 24.3 Å². The Labute approximate surface area is 109 Å². The molecule has 0 aliphatic carbocycles. The fourth-order valence-electron chi connectivity index (χ4n) is 1.76. The van der Waals surface area contributed by atoms with Gasteiger partial charge in [-0.3, -0.25) is 0 Å². The van der Waals surface area contributed by atoms with Crippen molar-refractivity contribution in [3.8, 4) is 22.8 Å². The SMILES string of the molecule is Fc1ccc(Oc2ccc(-c3cnc[nH]3)cc2)cc1. The lowest BCUT2D eigenvalue weighted by molar-refractivity contribution is 0.480. The number of aromatic amines is 1. The molecule has 0 amide bonds. The summed E-state index contributed by atoms with van der Waals surface area (Å²) in [5.74, 6) is 1.03. The first-order chi connectivity index (χ1) is 9.31. The molecule has 0 aliphatic rings. The molecule has 3 aromatic rings. The number of nitrogens with one attached hydrogen (secondary N) is 1. The van der Waals surface area contributed by atoms with Crippen molar-refractivity contribution in [1.29, 1.82) is 0 Å². The van der Waals surface area contributed by atoms with Crippen molar-refractivity contribution >= 4 is 0 Å². The first-order valence-corrected chi connectivity index (χ1v) is 5.83. The van der Waals surface area contributed by atoms with E-state index >= 15 is 0 Å². The fraction of sp³-hybridized carbons (Fsp3) is 0. The van der Waals surface area contributed by atoms with Crippen molar-refractivity contribution in [2.45, 2.75) is 0 Å². The summed E-state index contributed by atoms with van der Waals surface area (Å²) in [4.78, 5) is 7.01. The maximum atomic E-state index is 12.8. The van der Waals surface area contributed by atoms with Crippen LogP contribution < -0.4 is 4.74 Å². The lowest BCUT2D eigenvalue weighted by Crippen LogP contribution is -1.85. The number of hydrogen-bond donors (Lipinski definition) is 1. The van der Waals surface area contributed by atoms with E-state index in [9.17, 15) is 4.39 Å². The third kappa shape index (κ3) is 2.63. The van der Waals surface area contributed by atoms with Gasteiger partial charge in [-0.2, -0.15) is 0 Å². The lowest BCUT2D eigenvalue weighted by Gasteiger charge is -2.06. The zero-order chi connectivity index (χ0) is 13.1. The van der Waals surface area contributed by atoms with Gasteiger partial charge < -0.3 is 9.72 Å². The molecule has 0 bridgehead atoms. The molecule has 0 saturated heterocycles. The summed E-state index contributed by atoms with van der Waals surface area (Å²) < 4.78 is 18.4. The second kappa shape index (κ2) is 4.94. The van der Waals surface area contributed by atoms with Crippen LogP contribution in [0.15, 0.2) is 61.1 Å². The van der Waals surface area contributed by atoms with Gasteiger partial charge in [0.25, 0.3) is 0 Å². The average Bonchev–Trinajstić information content (AvgIpc) is 2.96. The summed E-state index contributed by atoms with van der Waals surface area (Å²) in [7, 11) is 0. The second-order valence-corrected chi connectivity index (χ2v) is 4.05. The van der Waals surface area contributed by atoms with Crippen molar-refractivity contribution in [3.05, 3.63) is 66.9 Å². The Bertz CT molecular complexity index is 646. The summed E-state index contributed by atoms with van der Waals surface area (Å²) in [6.45, 7) is 0. The van der Waals surface area contributed by atoms with E-state index < -0.39 is 0 Å². The van der Waals surface area contributed by atoms with Gasteiger partial charge in [-0.05, 0) is 54.1 Å². The molecule has 0 spiro atoms. The number of aromatic nitrogens is 2. The highest BCUT2D eigenvalue weighted by molar-refractivity contribution is 5.59. The van der Waals surface area contributed by atoms with Crippen LogP contribution in [0.3, 0.4) is 0 Å². The molecule has 0 saturated carbocycles. The van der Waals surface area contributed by atoms with Crippen molar-refractivity contribution in [3.63, 3.8) is 0 Å². The molecule has 1 N–H and O–H groups in total. The van der Waals surface area contributed by atoms with Crippen LogP contribution >= 0.6 is 0 Å². The lowest BCUT2D eigenvalue weighted by atomic mass is 10.2. The fourth-order valence-corrected chi connectivity index (χ4v) is 1.76. The molecule has 0 radical (unpaired) electrons. The van der Waals surface area contributed by atoms with E-state index in [4.69, 9.17) is 4.74 Å². The van der Waals surface area contributed by atoms with Crippen LogP contribution in [0.2, 0.25) is 0 Å². The van der Waals surface area contributed by atoms with E-state index in [1.165, 1.54) is 12.1 Å². The number of H-pyrrole nitrogens is 1. The molecule has 3 nitrogen and oxygen atoms in total. The number of rotatable bonds is 3. The molecule has 2 aromatic carbocycles. The van der Waals surface area contributed by atoms with Gasteiger partial charge in [0.1, 0.15) is 17.3 Å². The third-order valence-corrected chi connectivity index (χ3v) is 2.71. The summed E-state index contributed by atoms with van der Waals surface area (Å²) in [5, 5.41) is 0. The van der Waals surface area contributed by atoms with Gasteiger partial charge in [0.05, 0.1) is 18.2 Å². The highest BCUT2D eigenvalue weighted by atomic mass is 19.1. The van der Waals surface area contributed by atoms with Gasteiger partial charge >= 0.3 is 0 Å². The van der Waals surface area contributed by atoms with Gasteiger partial charge in [0, 0.05) is 0 Å². The molecular formula is C15H11FN2O. The van der Waals surface area contributed by atoms with Crippen molar-refractivity contribution < 1.29 is 9.13 Å². The third-order valence-electron chi connectivity index (χ3n) is 2.71. The van der Waals surface area contributed by atoms with E-state index in [0.29, 0.717) is 11.5 Å². The Morgan fingerprint density at radius 3 is 2.11 bits per heavy atom. The van der Waals surface area contributed by atoms with Crippen LogP contribution in [0.25, 0.3) is 11.3 Å². The highest BCUT2D eigenvalue weighted by Gasteiger charge is 2.01. The molecule has 1 heterocycles. The minimum absolute atomic E-state index is 0.276. The normalized spacial score (nSPS) is 10.4. The van der Waals surface area contributed by atoms with Crippen LogP contribution in [-0.2, 0) is 0 Å². The van der Waals surface area contributed by atoms with Gasteiger partial charge in [0.15, 0.2) is 0 Å². The van der Waals surface area contributed by atoms with Gasteiger partial charge in [-0.25, -0.2) is 9.37 Å². The van der Waals surface area contributed by atoms with Gasteiger partial charge in [-0.1, -0.05) is 0 Å². The number of imidazole rings is 1. The van der Waals surface area contributed by atoms with E-state index in [1.54, 1.807) is 24.7 Å². The van der Waals surface area contributed by atoms with Gasteiger partial charge in [0.2, 0.25) is 0 Å². The first-order valence-electron chi connectivity index (χ1n) is 5.83. The Hall–Kier alpha value is -2.62. The standard InChI is InChI=1S/C15H11FN2O/c16-12-3-7-14(8-4-12)19-13-5-1-11(2-6-13)15-9-17-10-18-15/h1-10H,(H,17,18). The maximum Gasteiger partial charge on any atom is 0.127 e. The molecule has 1 aromatic heterocycles. The first kappa shape index (κ1) is 11.5. The molecule has 94 valence electrons. The van der Waals surface area contributed by atoms with E-state index in [0.717, 1.165) is 11.3 Å². The molecule has 19 heavy (non-hydrogen) atoms. The van der Waals surface area contributed by atoms with Crippen LogP contribution in [0.1, 0.15) is 0 Å². The Morgan fingerprint density at radius 1 is 0.895 bits per heavy atom. The Kier molecular flexibility index (Phi) is 2.98. The van der Waals surface area contributed by atoms with Crippen molar-refractivity contribution in [2.24, 2.45) is 0 Å². The maximum absolute atomic E-state index is 12.8. The molecule has 0 atom stereocenters. The summed E-state index contributed by atoms with van der Waals surface area (Å²) in [5.41, 5.74) is 1.98. The topological polar surface area (TPSA) is 37.9 Å². The smallest absolute Gasteiger partial charge is 0.127 e. The monoisotopic (exact) mass is 254 g/mol. The quantitative estimate of drug-likeness (QED) is 0.766. The predicted molar refractivity (Wildman–Crippen MR) is 70.5 cm³/mol. The zero-order valence-electron chi connectivity index (χ0n) is 10.0. The molecular weight excluding hydrogens is 243 g/mol. The van der Waals surface area contributed by atoms with Crippen LogP contribution in [0, 0.1) is 5.82 Å².